The lowest BCUT2D eigenvalue weighted by Gasteiger charge is -2.26. The second kappa shape index (κ2) is 10.0. The van der Waals surface area contributed by atoms with Gasteiger partial charge in [0.25, 0.3) is 11.7 Å². The van der Waals surface area contributed by atoms with Crippen LogP contribution in [0, 0.1) is 0 Å². The number of amides is 1. The minimum atomic E-state index is -4.65. The maximum atomic E-state index is 13.4. The summed E-state index contributed by atoms with van der Waals surface area (Å²) in [5, 5.41) is 11.2. The second-order valence-electron chi connectivity index (χ2n) is 8.68. The number of alkyl halides is 3. The van der Waals surface area contributed by atoms with E-state index in [4.69, 9.17) is 9.47 Å². The molecule has 0 bridgehead atoms. The van der Waals surface area contributed by atoms with E-state index < -0.39 is 35.2 Å². The van der Waals surface area contributed by atoms with Crippen LogP contribution in [0.25, 0.3) is 5.76 Å². The van der Waals surface area contributed by atoms with Crippen LogP contribution in [-0.4, -0.2) is 30.0 Å². The molecule has 0 radical (unpaired) electrons. The Morgan fingerprint density at radius 2 is 1.57 bits per heavy atom. The van der Waals surface area contributed by atoms with Gasteiger partial charge in [-0.05, 0) is 74.0 Å². The van der Waals surface area contributed by atoms with E-state index in [1.54, 1.807) is 36.4 Å². The predicted octanol–water partition coefficient (Wildman–Crippen LogP) is 6.13. The van der Waals surface area contributed by atoms with Crippen molar-refractivity contribution in [3.63, 3.8) is 0 Å². The van der Waals surface area contributed by atoms with Crippen molar-refractivity contribution in [1.29, 1.82) is 0 Å². The Morgan fingerprint density at radius 1 is 0.946 bits per heavy atom. The lowest BCUT2D eigenvalue weighted by molar-refractivity contribution is -0.137. The van der Waals surface area contributed by atoms with Crippen molar-refractivity contribution in [2.75, 3.05) is 12.0 Å². The Labute approximate surface area is 211 Å². The Morgan fingerprint density at radius 3 is 2.14 bits per heavy atom. The molecule has 1 fully saturated rings. The average Bonchev–Trinajstić information content (AvgIpc) is 3.13. The lowest BCUT2D eigenvalue weighted by Crippen LogP contribution is -2.29. The maximum absolute atomic E-state index is 13.4. The number of carbonyl (C=O) groups excluding carboxylic acids is 2. The molecule has 1 unspecified atom stereocenters. The van der Waals surface area contributed by atoms with Crippen LogP contribution < -0.4 is 14.4 Å². The van der Waals surface area contributed by atoms with E-state index in [1.165, 1.54) is 25.3 Å². The number of ether oxygens (including phenoxy) is 2. The number of rotatable bonds is 6. The van der Waals surface area contributed by atoms with E-state index in [-0.39, 0.29) is 22.9 Å². The van der Waals surface area contributed by atoms with Gasteiger partial charge in [-0.3, -0.25) is 14.5 Å². The molecule has 6 nitrogen and oxygen atoms in total. The maximum Gasteiger partial charge on any atom is 0.416 e. The fourth-order valence-corrected chi connectivity index (χ4v) is 4.15. The number of hydrogen-bond donors (Lipinski definition) is 1. The van der Waals surface area contributed by atoms with Gasteiger partial charge in [-0.1, -0.05) is 18.2 Å². The van der Waals surface area contributed by atoms with Gasteiger partial charge in [0.05, 0.1) is 30.4 Å². The summed E-state index contributed by atoms with van der Waals surface area (Å²) >= 11 is 0. The zero-order chi connectivity index (χ0) is 26.9. The first kappa shape index (κ1) is 25.8. The first-order valence-electron chi connectivity index (χ1n) is 11.4. The van der Waals surface area contributed by atoms with Crippen LogP contribution in [0.4, 0.5) is 18.9 Å². The Balaban J connectivity index is 1.88. The highest BCUT2D eigenvalue weighted by Gasteiger charge is 2.47. The molecule has 0 spiro atoms. The van der Waals surface area contributed by atoms with Crippen LogP contribution >= 0.6 is 0 Å². The standard InChI is InChI=1S/C28H24F3NO5/c1-16(2)37-22-13-9-18(10-14-22)25(33)23-24(17-7-11-21(36-3)12-8-17)32(27(35)26(23)34)20-6-4-5-19(15-20)28(29,30)31/h4-16,24,33H,1-3H3/b25-23+. The number of aliphatic hydroxyl groups is 1. The zero-order valence-electron chi connectivity index (χ0n) is 20.2. The molecule has 1 atom stereocenters. The van der Waals surface area contributed by atoms with Gasteiger partial charge in [-0.15, -0.1) is 0 Å². The minimum absolute atomic E-state index is 0.0766. The molecule has 9 heteroatoms. The molecule has 1 N–H and O–H groups in total. The summed E-state index contributed by atoms with van der Waals surface area (Å²) < 4.78 is 51.1. The molecular weight excluding hydrogens is 487 g/mol. The molecule has 3 aromatic rings. The van der Waals surface area contributed by atoms with E-state index in [0.717, 1.165) is 23.1 Å². The number of hydrogen-bond acceptors (Lipinski definition) is 5. The van der Waals surface area contributed by atoms with Gasteiger partial charge in [0.1, 0.15) is 17.3 Å². The number of methoxy groups -OCH3 is 1. The number of halogens is 3. The monoisotopic (exact) mass is 511 g/mol. The summed E-state index contributed by atoms with van der Waals surface area (Å²) in [6, 6.07) is 15.6. The smallest absolute Gasteiger partial charge is 0.416 e. The van der Waals surface area contributed by atoms with Gasteiger partial charge in [0, 0.05) is 11.3 Å². The average molecular weight is 511 g/mol. The van der Waals surface area contributed by atoms with Crippen molar-refractivity contribution in [2.45, 2.75) is 32.2 Å². The van der Waals surface area contributed by atoms with E-state index in [9.17, 15) is 27.9 Å². The highest BCUT2D eigenvalue weighted by atomic mass is 19.4. The number of carbonyl (C=O) groups is 2. The number of aliphatic hydroxyl groups excluding tert-OH is 1. The third-order valence-electron chi connectivity index (χ3n) is 5.83. The largest absolute Gasteiger partial charge is 0.507 e. The first-order chi connectivity index (χ1) is 17.5. The molecule has 37 heavy (non-hydrogen) atoms. The molecule has 1 aliphatic rings. The summed E-state index contributed by atoms with van der Waals surface area (Å²) in [4.78, 5) is 27.4. The Hall–Kier alpha value is -4.27. The van der Waals surface area contributed by atoms with Crippen molar-refractivity contribution < 1.29 is 37.3 Å². The quantitative estimate of drug-likeness (QED) is 0.245. The summed E-state index contributed by atoms with van der Waals surface area (Å²) in [6.07, 6.45) is -4.73. The van der Waals surface area contributed by atoms with Crippen LogP contribution in [0.2, 0.25) is 0 Å². The van der Waals surface area contributed by atoms with E-state index >= 15 is 0 Å². The molecule has 192 valence electrons. The molecule has 0 saturated carbocycles. The summed E-state index contributed by atoms with van der Waals surface area (Å²) in [5.74, 6) is -1.48. The molecule has 3 aromatic carbocycles. The molecule has 0 aromatic heterocycles. The zero-order valence-corrected chi connectivity index (χ0v) is 20.2. The van der Waals surface area contributed by atoms with Gasteiger partial charge in [0.2, 0.25) is 0 Å². The van der Waals surface area contributed by atoms with Crippen LogP contribution in [-0.2, 0) is 15.8 Å². The fraction of sp³-hybridized carbons (Fsp3) is 0.214. The van der Waals surface area contributed by atoms with E-state index in [1.807, 2.05) is 13.8 Å². The van der Waals surface area contributed by atoms with Crippen molar-refractivity contribution in [1.82, 2.24) is 0 Å². The van der Waals surface area contributed by atoms with Crippen molar-refractivity contribution in [3.8, 4) is 11.5 Å². The van der Waals surface area contributed by atoms with E-state index in [2.05, 4.69) is 0 Å². The van der Waals surface area contributed by atoms with E-state index in [0.29, 0.717) is 17.1 Å². The second-order valence-corrected chi connectivity index (χ2v) is 8.68. The molecule has 1 heterocycles. The number of anilines is 1. The number of ketones is 1. The molecule has 0 aliphatic carbocycles. The Kier molecular flexibility index (Phi) is 6.98. The van der Waals surface area contributed by atoms with Gasteiger partial charge in [-0.25, -0.2) is 0 Å². The van der Waals surface area contributed by atoms with Gasteiger partial charge in [-0.2, -0.15) is 13.2 Å². The third kappa shape index (κ3) is 5.16. The van der Waals surface area contributed by atoms with Crippen molar-refractivity contribution in [2.24, 2.45) is 0 Å². The number of nitrogens with zero attached hydrogens (tertiary/aromatic N) is 1. The van der Waals surface area contributed by atoms with Crippen molar-refractivity contribution in [3.05, 3.63) is 95.1 Å². The van der Waals surface area contributed by atoms with Crippen LogP contribution in [0.15, 0.2) is 78.4 Å². The summed E-state index contributed by atoms with van der Waals surface area (Å²) in [5.41, 5.74) is -0.695. The topological polar surface area (TPSA) is 76.1 Å². The van der Waals surface area contributed by atoms with Gasteiger partial charge < -0.3 is 14.6 Å². The lowest BCUT2D eigenvalue weighted by atomic mass is 9.95. The molecule has 1 saturated heterocycles. The SMILES string of the molecule is COc1ccc(C2/C(=C(\O)c3ccc(OC(C)C)cc3)C(=O)C(=O)N2c2cccc(C(F)(F)F)c2)cc1. The number of benzene rings is 3. The third-order valence-corrected chi connectivity index (χ3v) is 5.83. The minimum Gasteiger partial charge on any atom is -0.507 e. The van der Waals surface area contributed by atoms with Gasteiger partial charge >= 0.3 is 6.18 Å². The number of Topliss-reactive ketones (excluding diaryl/α,β-unsaturated/α-hetero) is 1. The fourth-order valence-electron chi connectivity index (χ4n) is 4.15. The highest BCUT2D eigenvalue weighted by molar-refractivity contribution is 6.51. The van der Waals surface area contributed by atoms with Crippen LogP contribution in [0.1, 0.15) is 36.6 Å². The molecule has 1 aliphatic heterocycles. The molecule has 1 amide bonds. The van der Waals surface area contributed by atoms with Gasteiger partial charge in [0.15, 0.2) is 0 Å². The summed E-state index contributed by atoms with van der Waals surface area (Å²) in [6.45, 7) is 3.72. The summed E-state index contributed by atoms with van der Waals surface area (Å²) in [7, 11) is 1.47. The highest BCUT2D eigenvalue weighted by Crippen LogP contribution is 2.43. The first-order valence-corrected chi connectivity index (χ1v) is 11.4. The van der Waals surface area contributed by atoms with Crippen LogP contribution in [0.5, 0.6) is 11.5 Å². The van der Waals surface area contributed by atoms with Crippen LogP contribution in [0.3, 0.4) is 0 Å². The molecule has 4 rings (SSSR count). The molecular formula is C28H24F3NO5. The van der Waals surface area contributed by atoms with Crippen molar-refractivity contribution >= 4 is 23.1 Å². The Bertz CT molecular complexity index is 1350. The predicted molar refractivity (Wildman–Crippen MR) is 131 cm³/mol. The normalized spacial score (nSPS) is 17.4.